The molecule has 4 aromatic rings. The van der Waals surface area contributed by atoms with Gasteiger partial charge >= 0.3 is 5.97 Å². The minimum Gasteiger partial charge on any atom is -0.487 e. The zero-order valence-corrected chi connectivity index (χ0v) is 17.9. The van der Waals surface area contributed by atoms with Crippen LogP contribution in [-0.2, 0) is 16.6 Å². The van der Waals surface area contributed by atoms with Gasteiger partial charge in [-0.05, 0) is 35.9 Å². The van der Waals surface area contributed by atoms with E-state index in [-0.39, 0.29) is 33.7 Å². The molecule has 0 aliphatic carbocycles. The van der Waals surface area contributed by atoms with E-state index in [4.69, 9.17) is 4.74 Å². The molecule has 1 heterocycles. The number of ether oxygens (including phenoxy) is 1. The third kappa shape index (κ3) is 3.71. The van der Waals surface area contributed by atoms with Gasteiger partial charge in [-0.3, -0.25) is 0 Å². The molecule has 30 heavy (non-hydrogen) atoms. The number of para-hydroxylation sites is 1. The first-order chi connectivity index (χ1) is 14.4. The Hall–Kier alpha value is -3.10. The summed E-state index contributed by atoms with van der Waals surface area (Å²) >= 11 is 3.29. The standard InChI is InChI=1S/C22H16BrNO5S/c23-16-9-11-17(12-10-16)30(27,28)24-13-19(22(25)26)18-7-4-8-20(21(18)24)29-14-15-5-2-1-3-6-15/h1-13H,14H2,(H,25,26). The van der Waals surface area contributed by atoms with Crippen molar-refractivity contribution in [2.24, 2.45) is 0 Å². The van der Waals surface area contributed by atoms with Gasteiger partial charge in [0.05, 0.1) is 10.5 Å². The average molecular weight is 486 g/mol. The van der Waals surface area contributed by atoms with Gasteiger partial charge in [0.1, 0.15) is 17.9 Å². The van der Waals surface area contributed by atoms with Gasteiger partial charge in [-0.2, -0.15) is 0 Å². The Bertz CT molecular complexity index is 1330. The van der Waals surface area contributed by atoms with E-state index in [1.54, 1.807) is 30.3 Å². The molecule has 4 rings (SSSR count). The van der Waals surface area contributed by atoms with Crippen molar-refractivity contribution >= 4 is 42.8 Å². The molecule has 0 atom stereocenters. The van der Waals surface area contributed by atoms with Crippen molar-refractivity contribution in [1.82, 2.24) is 3.97 Å². The van der Waals surface area contributed by atoms with E-state index in [9.17, 15) is 18.3 Å². The number of aromatic nitrogens is 1. The molecule has 0 saturated heterocycles. The molecular weight excluding hydrogens is 470 g/mol. The molecule has 8 heteroatoms. The quantitative estimate of drug-likeness (QED) is 0.418. The van der Waals surface area contributed by atoms with Gasteiger partial charge in [0.25, 0.3) is 10.0 Å². The van der Waals surface area contributed by atoms with Crippen LogP contribution >= 0.6 is 15.9 Å². The molecule has 0 spiro atoms. The maximum atomic E-state index is 13.3. The molecule has 0 amide bonds. The van der Waals surface area contributed by atoms with Crippen molar-refractivity contribution in [3.63, 3.8) is 0 Å². The predicted octanol–water partition coefficient (Wildman–Crippen LogP) is 4.92. The van der Waals surface area contributed by atoms with Crippen molar-refractivity contribution in [2.75, 3.05) is 0 Å². The fourth-order valence-electron chi connectivity index (χ4n) is 3.15. The van der Waals surface area contributed by atoms with Crippen LogP contribution in [0.25, 0.3) is 10.9 Å². The Morgan fingerprint density at radius 2 is 1.67 bits per heavy atom. The summed E-state index contributed by atoms with van der Waals surface area (Å²) in [5.74, 6) is -0.936. The van der Waals surface area contributed by atoms with Crippen LogP contribution in [0, 0.1) is 0 Å². The number of aromatic carboxylic acids is 1. The number of fused-ring (bicyclic) bond motifs is 1. The minimum atomic E-state index is -4.05. The van der Waals surface area contributed by atoms with Crippen LogP contribution in [-0.4, -0.2) is 23.5 Å². The van der Waals surface area contributed by atoms with Crippen LogP contribution in [0.3, 0.4) is 0 Å². The van der Waals surface area contributed by atoms with Crippen molar-refractivity contribution in [3.8, 4) is 5.75 Å². The Morgan fingerprint density at radius 3 is 2.33 bits per heavy atom. The van der Waals surface area contributed by atoms with E-state index in [0.717, 1.165) is 20.2 Å². The van der Waals surface area contributed by atoms with E-state index >= 15 is 0 Å². The first-order valence-electron chi connectivity index (χ1n) is 8.93. The second kappa shape index (κ2) is 7.97. The molecule has 0 aliphatic heterocycles. The lowest BCUT2D eigenvalue weighted by molar-refractivity contribution is 0.0699. The number of nitrogens with zero attached hydrogens (tertiary/aromatic N) is 1. The second-order valence-electron chi connectivity index (χ2n) is 6.53. The number of hydrogen-bond acceptors (Lipinski definition) is 4. The SMILES string of the molecule is O=C(O)c1cn(S(=O)(=O)c2ccc(Br)cc2)c2c(OCc3ccccc3)cccc12. The molecule has 0 aliphatic rings. The lowest BCUT2D eigenvalue weighted by Gasteiger charge is -2.12. The third-order valence-electron chi connectivity index (χ3n) is 4.59. The number of benzene rings is 3. The highest BCUT2D eigenvalue weighted by molar-refractivity contribution is 9.10. The number of carboxylic acids is 1. The zero-order chi connectivity index (χ0) is 21.3. The molecule has 0 saturated carbocycles. The van der Waals surface area contributed by atoms with Gasteiger partial charge < -0.3 is 9.84 Å². The summed E-state index contributed by atoms with van der Waals surface area (Å²) in [6.07, 6.45) is 1.12. The molecule has 3 aromatic carbocycles. The molecule has 1 aromatic heterocycles. The summed E-state index contributed by atoms with van der Waals surface area (Å²) in [6, 6.07) is 20.4. The lowest BCUT2D eigenvalue weighted by Crippen LogP contribution is -2.12. The van der Waals surface area contributed by atoms with Crippen LogP contribution in [0.15, 0.2) is 88.4 Å². The Kier molecular flexibility index (Phi) is 5.36. The van der Waals surface area contributed by atoms with E-state index < -0.39 is 16.0 Å². The minimum absolute atomic E-state index is 0.0393. The van der Waals surface area contributed by atoms with Crippen LogP contribution < -0.4 is 4.74 Å². The topological polar surface area (TPSA) is 85.6 Å². The first-order valence-corrected chi connectivity index (χ1v) is 11.2. The normalized spacial score (nSPS) is 11.5. The number of carboxylic acid groups (broad SMARTS) is 1. The van der Waals surface area contributed by atoms with Crippen molar-refractivity contribution in [2.45, 2.75) is 11.5 Å². The fourth-order valence-corrected chi connectivity index (χ4v) is 4.79. The van der Waals surface area contributed by atoms with Gasteiger partial charge in [-0.25, -0.2) is 17.2 Å². The first kappa shape index (κ1) is 20.2. The Labute approximate surface area is 181 Å². The van der Waals surface area contributed by atoms with Crippen LogP contribution in [0.1, 0.15) is 15.9 Å². The van der Waals surface area contributed by atoms with Crippen molar-refractivity contribution in [3.05, 3.63) is 94.6 Å². The van der Waals surface area contributed by atoms with Crippen LogP contribution in [0.2, 0.25) is 0 Å². The molecule has 0 fully saturated rings. The third-order valence-corrected chi connectivity index (χ3v) is 6.80. The summed E-state index contributed by atoms with van der Waals surface area (Å²) in [5, 5.41) is 9.90. The van der Waals surface area contributed by atoms with E-state index in [1.807, 2.05) is 30.3 Å². The van der Waals surface area contributed by atoms with E-state index in [0.29, 0.717) is 0 Å². The molecule has 0 unspecified atom stereocenters. The van der Waals surface area contributed by atoms with Gasteiger partial charge in [0, 0.05) is 16.1 Å². The van der Waals surface area contributed by atoms with Gasteiger partial charge in [-0.15, -0.1) is 0 Å². The average Bonchev–Trinajstić information content (AvgIpc) is 3.15. The van der Waals surface area contributed by atoms with Gasteiger partial charge in [0.2, 0.25) is 0 Å². The molecule has 0 radical (unpaired) electrons. The number of halogens is 1. The largest absolute Gasteiger partial charge is 0.487 e. The number of rotatable bonds is 6. The maximum absolute atomic E-state index is 13.3. The van der Waals surface area contributed by atoms with Crippen LogP contribution in [0.4, 0.5) is 0 Å². The highest BCUT2D eigenvalue weighted by Gasteiger charge is 2.26. The molecule has 6 nitrogen and oxygen atoms in total. The fraction of sp³-hybridized carbons (Fsp3) is 0.0455. The lowest BCUT2D eigenvalue weighted by atomic mass is 10.1. The summed E-state index contributed by atoms with van der Waals surface area (Å²) in [4.78, 5) is 11.8. The number of hydrogen-bond donors (Lipinski definition) is 1. The van der Waals surface area contributed by atoms with Gasteiger partial charge in [0.15, 0.2) is 0 Å². The summed E-state index contributed by atoms with van der Waals surface area (Å²) < 4.78 is 34.3. The zero-order valence-electron chi connectivity index (χ0n) is 15.5. The van der Waals surface area contributed by atoms with Crippen molar-refractivity contribution < 1.29 is 23.1 Å². The maximum Gasteiger partial charge on any atom is 0.337 e. The second-order valence-corrected chi connectivity index (χ2v) is 9.26. The van der Waals surface area contributed by atoms with Gasteiger partial charge in [-0.1, -0.05) is 58.4 Å². The van der Waals surface area contributed by atoms with E-state index in [1.165, 1.54) is 12.1 Å². The smallest absolute Gasteiger partial charge is 0.337 e. The predicted molar refractivity (Wildman–Crippen MR) is 116 cm³/mol. The Balaban J connectivity index is 1.88. The van der Waals surface area contributed by atoms with Crippen molar-refractivity contribution in [1.29, 1.82) is 0 Å². The summed E-state index contributed by atoms with van der Waals surface area (Å²) in [5.41, 5.74) is 0.978. The Morgan fingerprint density at radius 1 is 0.967 bits per heavy atom. The molecular formula is C22H16BrNO5S. The molecule has 152 valence electrons. The molecule has 1 N–H and O–H groups in total. The monoisotopic (exact) mass is 485 g/mol. The van der Waals surface area contributed by atoms with E-state index in [2.05, 4.69) is 15.9 Å². The highest BCUT2D eigenvalue weighted by Crippen LogP contribution is 2.33. The highest BCUT2D eigenvalue weighted by atomic mass is 79.9. The molecule has 0 bridgehead atoms. The number of carbonyl (C=O) groups is 1. The summed E-state index contributed by atoms with van der Waals surface area (Å²) in [7, 11) is -4.05. The summed E-state index contributed by atoms with van der Waals surface area (Å²) in [6.45, 7) is 0.214. The van der Waals surface area contributed by atoms with Crippen LogP contribution in [0.5, 0.6) is 5.75 Å².